The number of carbonyl (C=O) groups excluding carboxylic acids is 4. The van der Waals surface area contributed by atoms with Gasteiger partial charge in [0.2, 0.25) is 0 Å². The number of furan rings is 1. The molecule has 4 aliphatic rings. The van der Waals surface area contributed by atoms with Crippen LogP contribution in [0.4, 0.5) is 0 Å². The van der Waals surface area contributed by atoms with Crippen molar-refractivity contribution in [2.75, 3.05) is 7.11 Å². The molecule has 1 aromatic heterocycles. The molecule has 1 aliphatic heterocycles. The normalized spacial score (nSPS) is 41.5. The topological polar surface area (TPSA) is 129 Å². The van der Waals surface area contributed by atoms with Gasteiger partial charge in [-0.2, -0.15) is 0 Å². The van der Waals surface area contributed by atoms with Crippen LogP contribution in [0.25, 0.3) is 0 Å². The summed E-state index contributed by atoms with van der Waals surface area (Å²) in [5.74, 6) is -3.98. The van der Waals surface area contributed by atoms with Crippen LogP contribution in [-0.4, -0.2) is 47.6 Å². The van der Waals surface area contributed by atoms with E-state index >= 15 is 0 Å². The molecule has 9 nitrogen and oxygen atoms in total. The summed E-state index contributed by atoms with van der Waals surface area (Å²) in [5.41, 5.74) is -2.87. The Morgan fingerprint density at radius 2 is 1.88 bits per heavy atom. The van der Waals surface area contributed by atoms with E-state index in [0.717, 1.165) is 5.56 Å². The number of ketones is 1. The van der Waals surface area contributed by atoms with Gasteiger partial charge in [-0.15, -0.1) is 0 Å². The fourth-order valence-corrected chi connectivity index (χ4v) is 9.32. The smallest absolute Gasteiger partial charge is 0.333 e. The highest BCUT2D eigenvalue weighted by Crippen LogP contribution is 2.71. The molecule has 1 saturated heterocycles. The molecule has 1 N–H and O–H groups in total. The molecule has 9 atom stereocenters. The van der Waals surface area contributed by atoms with Crippen molar-refractivity contribution in [3.8, 4) is 0 Å². The summed E-state index contributed by atoms with van der Waals surface area (Å²) in [6.45, 7) is 11.2. The highest BCUT2D eigenvalue weighted by molar-refractivity contribution is 5.93. The van der Waals surface area contributed by atoms with Gasteiger partial charge in [0.25, 0.3) is 0 Å². The third kappa shape index (κ3) is 4.13. The third-order valence-electron chi connectivity index (χ3n) is 11.5. The Morgan fingerprint density at radius 1 is 1.17 bits per heavy atom. The van der Waals surface area contributed by atoms with Crippen LogP contribution in [0.3, 0.4) is 0 Å². The van der Waals surface area contributed by atoms with Crippen LogP contribution in [0, 0.1) is 39.9 Å². The first-order valence-electron chi connectivity index (χ1n) is 14.5. The van der Waals surface area contributed by atoms with Crippen LogP contribution < -0.4 is 0 Å². The molecule has 5 rings (SSSR count). The van der Waals surface area contributed by atoms with E-state index in [9.17, 15) is 24.3 Å². The lowest BCUT2D eigenvalue weighted by molar-refractivity contribution is -0.278. The van der Waals surface area contributed by atoms with Crippen molar-refractivity contribution in [1.29, 1.82) is 0 Å². The SMILES string of the molecule is C/C=C(\C)C(=O)O[C@@H]1[C@@H]2C[C@]3(O)[C@@H]4CC(=O)O[C@@H](c5ccoc5)[C@]4(C)CC[C@@H]3[C@@](C)(C2=O)[C@@H](CC(=O)OC)C1(C)C. The van der Waals surface area contributed by atoms with Gasteiger partial charge in [0, 0.05) is 45.6 Å². The second-order valence-corrected chi connectivity index (χ2v) is 13.7. The first-order valence-corrected chi connectivity index (χ1v) is 14.5. The lowest BCUT2D eigenvalue weighted by Gasteiger charge is -2.69. The van der Waals surface area contributed by atoms with Crippen molar-refractivity contribution in [3.05, 3.63) is 35.8 Å². The minimum absolute atomic E-state index is 0.00202. The van der Waals surface area contributed by atoms with Gasteiger partial charge in [-0.3, -0.25) is 14.4 Å². The molecule has 4 fully saturated rings. The molecule has 0 amide bonds. The number of methoxy groups -OCH3 is 1. The zero-order valence-corrected chi connectivity index (χ0v) is 25.0. The highest BCUT2D eigenvalue weighted by atomic mass is 16.6. The van der Waals surface area contributed by atoms with E-state index in [4.69, 9.17) is 18.6 Å². The fraction of sp³-hybridized carbons (Fsp3) is 0.688. The van der Waals surface area contributed by atoms with Gasteiger partial charge in [-0.05, 0) is 45.1 Å². The Balaban J connectivity index is 1.66. The second kappa shape index (κ2) is 9.82. The quantitative estimate of drug-likeness (QED) is 0.304. The molecule has 0 unspecified atom stereocenters. The number of esters is 3. The Labute approximate surface area is 241 Å². The molecule has 0 aromatic carbocycles. The molecule has 0 radical (unpaired) electrons. The number of hydrogen-bond donors (Lipinski definition) is 1. The van der Waals surface area contributed by atoms with Gasteiger partial charge in [0.1, 0.15) is 18.0 Å². The van der Waals surface area contributed by atoms with Gasteiger partial charge >= 0.3 is 17.9 Å². The standard InChI is InChI=1S/C32H42O9/c1-8-17(2)28(36)41-27-19-15-32(37)20(31(6,25(19)35)21(29(27,3)4)13-23(33)38-7)9-11-30(5)22(32)14-24(34)40-26(30)18-10-12-39-16-18/h8,10,12,16,19-22,26-27,37H,9,11,13-15H2,1-7H3/b17-8+/t19-,20-,21+,22-,26+,27-,30-,31-,32-/m1/s1. The molecule has 224 valence electrons. The summed E-state index contributed by atoms with van der Waals surface area (Å²) < 4.78 is 22.4. The van der Waals surface area contributed by atoms with Gasteiger partial charge < -0.3 is 23.7 Å². The molecule has 3 saturated carbocycles. The number of hydrogen-bond acceptors (Lipinski definition) is 9. The zero-order chi connectivity index (χ0) is 30.1. The van der Waals surface area contributed by atoms with Crippen LogP contribution in [0.15, 0.2) is 34.7 Å². The van der Waals surface area contributed by atoms with E-state index in [-0.39, 0.29) is 25.0 Å². The van der Waals surface area contributed by atoms with Gasteiger partial charge in [-0.25, -0.2) is 4.79 Å². The van der Waals surface area contributed by atoms with Crippen LogP contribution in [0.2, 0.25) is 0 Å². The maximum atomic E-state index is 14.5. The maximum Gasteiger partial charge on any atom is 0.333 e. The zero-order valence-electron chi connectivity index (χ0n) is 25.0. The maximum absolute atomic E-state index is 14.5. The van der Waals surface area contributed by atoms with E-state index in [1.165, 1.54) is 13.4 Å². The van der Waals surface area contributed by atoms with Crippen molar-refractivity contribution in [2.45, 2.75) is 91.5 Å². The number of carbonyl (C=O) groups is 4. The van der Waals surface area contributed by atoms with Crippen LogP contribution >= 0.6 is 0 Å². The fourth-order valence-electron chi connectivity index (χ4n) is 9.32. The summed E-state index contributed by atoms with van der Waals surface area (Å²) in [4.78, 5) is 53.5. The van der Waals surface area contributed by atoms with Crippen molar-refractivity contribution in [3.63, 3.8) is 0 Å². The molecule has 2 heterocycles. The number of cyclic esters (lactones) is 1. The van der Waals surface area contributed by atoms with Gasteiger partial charge in [0.15, 0.2) is 0 Å². The number of rotatable bonds is 5. The summed E-state index contributed by atoms with van der Waals surface area (Å²) in [7, 11) is 1.31. The van der Waals surface area contributed by atoms with Gasteiger partial charge in [0.05, 0.1) is 37.6 Å². The first kappa shape index (κ1) is 29.5. The number of fused-ring (bicyclic) bond motifs is 6. The monoisotopic (exact) mass is 570 g/mol. The third-order valence-corrected chi connectivity index (χ3v) is 11.5. The number of Topliss-reactive ketones (excluding diaryl/α,β-unsaturated/α-hetero) is 1. The number of ether oxygens (including phenoxy) is 3. The molecule has 9 heteroatoms. The Hall–Kier alpha value is -2.94. The van der Waals surface area contributed by atoms with Crippen LogP contribution in [0.1, 0.15) is 85.3 Å². The summed E-state index contributed by atoms with van der Waals surface area (Å²) in [6, 6.07) is 1.77. The summed E-state index contributed by atoms with van der Waals surface area (Å²) in [5, 5.41) is 12.9. The van der Waals surface area contributed by atoms with Crippen LogP contribution in [0.5, 0.6) is 0 Å². The average molecular weight is 571 g/mol. The van der Waals surface area contributed by atoms with E-state index in [0.29, 0.717) is 18.4 Å². The molecule has 41 heavy (non-hydrogen) atoms. The molecule has 2 bridgehead atoms. The van der Waals surface area contributed by atoms with Crippen LogP contribution in [-0.2, 0) is 33.4 Å². The number of aliphatic hydroxyl groups is 1. The van der Waals surface area contributed by atoms with E-state index in [2.05, 4.69) is 0 Å². The van der Waals surface area contributed by atoms with E-state index in [1.807, 2.05) is 27.7 Å². The predicted molar refractivity (Wildman–Crippen MR) is 146 cm³/mol. The molecule has 1 aromatic rings. The van der Waals surface area contributed by atoms with E-state index < -0.39 is 75.6 Å². The second-order valence-electron chi connectivity index (χ2n) is 13.7. The predicted octanol–water partition coefficient (Wildman–Crippen LogP) is 4.72. The lowest BCUT2D eigenvalue weighted by Crippen LogP contribution is -2.75. The van der Waals surface area contributed by atoms with Crippen molar-refractivity contribution in [1.82, 2.24) is 0 Å². The number of allylic oxidation sites excluding steroid dienone is 1. The van der Waals surface area contributed by atoms with Crippen molar-refractivity contribution < 1.29 is 42.9 Å². The van der Waals surface area contributed by atoms with Crippen molar-refractivity contribution in [2.24, 2.45) is 39.9 Å². The first-order chi connectivity index (χ1) is 19.2. The van der Waals surface area contributed by atoms with Crippen molar-refractivity contribution >= 4 is 23.7 Å². The minimum Gasteiger partial charge on any atom is -0.472 e. The van der Waals surface area contributed by atoms with Gasteiger partial charge in [-0.1, -0.05) is 33.8 Å². The largest absolute Gasteiger partial charge is 0.472 e. The summed E-state index contributed by atoms with van der Waals surface area (Å²) in [6.07, 6.45) is 4.34. The highest BCUT2D eigenvalue weighted by Gasteiger charge is 2.75. The van der Waals surface area contributed by atoms with E-state index in [1.54, 1.807) is 32.3 Å². The Kier molecular flexibility index (Phi) is 7.08. The Bertz CT molecular complexity index is 1280. The lowest BCUT2D eigenvalue weighted by atomic mass is 9.36. The molecule has 0 spiro atoms. The molecule has 3 aliphatic carbocycles. The molecular weight excluding hydrogens is 528 g/mol. The minimum atomic E-state index is -1.45. The average Bonchev–Trinajstić information content (AvgIpc) is 3.46. The summed E-state index contributed by atoms with van der Waals surface area (Å²) >= 11 is 0. The molecular formula is C32H42O9. The Morgan fingerprint density at radius 3 is 2.49 bits per heavy atom.